The van der Waals surface area contributed by atoms with Crippen molar-refractivity contribution in [3.05, 3.63) is 46.5 Å². The van der Waals surface area contributed by atoms with Gasteiger partial charge in [0.15, 0.2) is 5.13 Å². The number of carbonyl (C=O) groups excluding carboxylic acids is 2. The van der Waals surface area contributed by atoms with Gasteiger partial charge >= 0.3 is 0 Å². The summed E-state index contributed by atoms with van der Waals surface area (Å²) in [5.74, 6) is 0.370. The molecule has 0 spiro atoms. The summed E-state index contributed by atoms with van der Waals surface area (Å²) in [5, 5.41) is 5.77. The van der Waals surface area contributed by atoms with Crippen LogP contribution in [0.4, 0.5) is 5.13 Å². The summed E-state index contributed by atoms with van der Waals surface area (Å²) in [7, 11) is 0. The molecule has 1 saturated heterocycles. The molecule has 2 amide bonds. The maximum absolute atomic E-state index is 12.7. The van der Waals surface area contributed by atoms with E-state index in [9.17, 15) is 9.59 Å². The Labute approximate surface area is 177 Å². The van der Waals surface area contributed by atoms with Crippen molar-refractivity contribution in [1.29, 1.82) is 0 Å². The van der Waals surface area contributed by atoms with Crippen LogP contribution in [0.15, 0.2) is 29.6 Å². The van der Waals surface area contributed by atoms with Gasteiger partial charge in [-0.25, -0.2) is 4.98 Å². The minimum atomic E-state index is -0.0386. The first kappa shape index (κ1) is 21.5. The maximum Gasteiger partial charge on any atom is 0.228 e. The van der Waals surface area contributed by atoms with Crippen molar-refractivity contribution in [2.45, 2.75) is 65.3 Å². The van der Waals surface area contributed by atoms with Crippen LogP contribution in [0.1, 0.15) is 69.3 Å². The van der Waals surface area contributed by atoms with Crippen molar-refractivity contribution in [2.24, 2.45) is 5.92 Å². The monoisotopic (exact) mass is 413 g/mol. The Morgan fingerprint density at radius 2 is 2.03 bits per heavy atom. The summed E-state index contributed by atoms with van der Waals surface area (Å²) < 4.78 is 0. The number of aryl methyl sites for hydroxylation is 1. The second kappa shape index (κ2) is 10.0. The average Bonchev–Trinajstić information content (AvgIpc) is 3.33. The Hall–Kier alpha value is -2.21. The lowest BCUT2D eigenvalue weighted by molar-refractivity contribution is -0.121. The van der Waals surface area contributed by atoms with Crippen molar-refractivity contribution in [1.82, 2.24) is 10.3 Å². The molecule has 2 heterocycles. The SMILES string of the molecule is CCCCc1ccc(C(NC(=O)Cc2csc(N3CCCC3=O)n2)C(C)C)cc1. The number of hydrogen-bond donors (Lipinski definition) is 1. The van der Waals surface area contributed by atoms with Crippen LogP contribution in [0.2, 0.25) is 0 Å². The molecule has 6 heteroatoms. The van der Waals surface area contributed by atoms with E-state index in [1.165, 1.54) is 29.7 Å². The zero-order chi connectivity index (χ0) is 20.8. The van der Waals surface area contributed by atoms with Crippen LogP contribution in [0.25, 0.3) is 0 Å². The molecular formula is C23H31N3O2S. The minimum Gasteiger partial charge on any atom is -0.349 e. The molecule has 1 fully saturated rings. The highest BCUT2D eigenvalue weighted by molar-refractivity contribution is 7.14. The molecule has 3 rings (SSSR count). The van der Waals surface area contributed by atoms with E-state index in [1.807, 2.05) is 5.38 Å². The van der Waals surface area contributed by atoms with Gasteiger partial charge < -0.3 is 5.32 Å². The molecule has 29 heavy (non-hydrogen) atoms. The van der Waals surface area contributed by atoms with Crippen LogP contribution in [-0.2, 0) is 22.4 Å². The molecule has 1 aromatic heterocycles. The number of nitrogens with one attached hydrogen (secondary N) is 1. The van der Waals surface area contributed by atoms with Crippen LogP contribution in [0.3, 0.4) is 0 Å². The predicted octanol–water partition coefficient (Wildman–Crippen LogP) is 4.67. The quantitative estimate of drug-likeness (QED) is 0.650. The van der Waals surface area contributed by atoms with Crippen LogP contribution >= 0.6 is 11.3 Å². The summed E-state index contributed by atoms with van der Waals surface area (Å²) in [6.07, 6.45) is 5.18. The smallest absolute Gasteiger partial charge is 0.228 e. The number of aromatic nitrogens is 1. The average molecular weight is 414 g/mol. The van der Waals surface area contributed by atoms with Gasteiger partial charge in [-0.15, -0.1) is 11.3 Å². The highest BCUT2D eigenvalue weighted by Gasteiger charge is 2.25. The third-order valence-corrected chi connectivity index (χ3v) is 6.24. The zero-order valence-electron chi connectivity index (χ0n) is 17.6. The molecule has 0 aliphatic carbocycles. The molecule has 1 aliphatic rings. The number of carbonyl (C=O) groups is 2. The van der Waals surface area contributed by atoms with Crippen molar-refractivity contribution in [3.8, 4) is 0 Å². The predicted molar refractivity (Wildman–Crippen MR) is 118 cm³/mol. The second-order valence-electron chi connectivity index (χ2n) is 8.08. The van der Waals surface area contributed by atoms with E-state index in [-0.39, 0.29) is 30.2 Å². The van der Waals surface area contributed by atoms with Gasteiger partial charge in [0.05, 0.1) is 18.2 Å². The van der Waals surface area contributed by atoms with Crippen LogP contribution < -0.4 is 10.2 Å². The Morgan fingerprint density at radius 3 is 2.66 bits per heavy atom. The van der Waals surface area contributed by atoms with E-state index < -0.39 is 0 Å². The van der Waals surface area contributed by atoms with Gasteiger partial charge in [0.25, 0.3) is 0 Å². The first-order chi connectivity index (χ1) is 14.0. The van der Waals surface area contributed by atoms with E-state index in [4.69, 9.17) is 0 Å². The summed E-state index contributed by atoms with van der Waals surface area (Å²) in [6.45, 7) is 7.17. The molecule has 1 aliphatic heterocycles. The lowest BCUT2D eigenvalue weighted by Gasteiger charge is -2.23. The van der Waals surface area contributed by atoms with Crippen LogP contribution in [0, 0.1) is 5.92 Å². The van der Waals surface area contributed by atoms with Crippen LogP contribution in [0.5, 0.6) is 0 Å². The zero-order valence-corrected chi connectivity index (χ0v) is 18.4. The number of benzene rings is 1. The number of unbranched alkanes of at least 4 members (excludes halogenated alkanes) is 1. The number of anilines is 1. The molecule has 1 atom stereocenters. The van der Waals surface area contributed by atoms with Gasteiger partial charge in [0.2, 0.25) is 11.8 Å². The standard InChI is InChI=1S/C23H31N3O2S/c1-4-5-7-17-9-11-18(12-10-17)22(16(2)3)25-20(27)14-19-15-29-23(24-19)26-13-6-8-21(26)28/h9-12,15-16,22H,4-8,13-14H2,1-3H3,(H,25,27). The maximum atomic E-state index is 12.7. The Kier molecular flexibility index (Phi) is 7.42. The third kappa shape index (κ3) is 5.66. The number of hydrogen-bond acceptors (Lipinski definition) is 4. The van der Waals surface area contributed by atoms with Gasteiger partial charge in [-0.05, 0) is 36.3 Å². The highest BCUT2D eigenvalue weighted by atomic mass is 32.1. The molecule has 2 aromatic rings. The number of nitrogens with zero attached hydrogens (tertiary/aromatic N) is 2. The van der Waals surface area contributed by atoms with Gasteiger partial charge in [0, 0.05) is 18.3 Å². The highest BCUT2D eigenvalue weighted by Crippen LogP contribution is 2.26. The number of amides is 2. The normalized spacial score (nSPS) is 15.2. The first-order valence-electron chi connectivity index (χ1n) is 10.6. The Balaban J connectivity index is 1.61. The topological polar surface area (TPSA) is 62.3 Å². The van der Waals surface area contributed by atoms with Crippen LogP contribution in [-0.4, -0.2) is 23.3 Å². The Morgan fingerprint density at radius 1 is 1.28 bits per heavy atom. The van der Waals surface area contributed by atoms with Gasteiger partial charge in [-0.2, -0.15) is 0 Å². The molecule has 5 nitrogen and oxygen atoms in total. The fourth-order valence-electron chi connectivity index (χ4n) is 3.65. The summed E-state index contributed by atoms with van der Waals surface area (Å²) in [5.41, 5.74) is 3.20. The van der Waals surface area contributed by atoms with Crippen molar-refractivity contribution in [2.75, 3.05) is 11.4 Å². The fourth-order valence-corrected chi connectivity index (χ4v) is 4.52. The molecule has 156 valence electrons. The molecule has 0 saturated carbocycles. The van der Waals surface area contributed by atoms with E-state index in [0.29, 0.717) is 11.6 Å². The first-order valence-corrected chi connectivity index (χ1v) is 11.5. The van der Waals surface area contributed by atoms with E-state index in [2.05, 4.69) is 55.3 Å². The fraction of sp³-hybridized carbons (Fsp3) is 0.522. The summed E-state index contributed by atoms with van der Waals surface area (Å²) in [6, 6.07) is 8.59. The summed E-state index contributed by atoms with van der Waals surface area (Å²) >= 11 is 1.44. The van der Waals surface area contributed by atoms with Gasteiger partial charge in [0.1, 0.15) is 0 Å². The number of rotatable bonds is 9. The molecule has 1 unspecified atom stereocenters. The lowest BCUT2D eigenvalue weighted by Crippen LogP contribution is -2.33. The van der Waals surface area contributed by atoms with Gasteiger partial charge in [-0.3, -0.25) is 14.5 Å². The van der Waals surface area contributed by atoms with E-state index >= 15 is 0 Å². The van der Waals surface area contributed by atoms with E-state index in [1.54, 1.807) is 4.90 Å². The minimum absolute atomic E-state index is 0.0269. The Bertz CT molecular complexity index is 829. The summed E-state index contributed by atoms with van der Waals surface area (Å²) in [4.78, 5) is 30.8. The lowest BCUT2D eigenvalue weighted by atomic mass is 9.94. The molecule has 1 aromatic carbocycles. The van der Waals surface area contributed by atoms with Crippen molar-refractivity contribution in [3.63, 3.8) is 0 Å². The van der Waals surface area contributed by atoms with Crippen molar-refractivity contribution >= 4 is 28.3 Å². The number of thiazole rings is 1. The molecular weight excluding hydrogens is 382 g/mol. The largest absolute Gasteiger partial charge is 0.349 e. The molecule has 0 bridgehead atoms. The van der Waals surface area contributed by atoms with Crippen molar-refractivity contribution < 1.29 is 9.59 Å². The third-order valence-electron chi connectivity index (χ3n) is 5.33. The second-order valence-corrected chi connectivity index (χ2v) is 8.92. The van der Waals surface area contributed by atoms with Gasteiger partial charge in [-0.1, -0.05) is 51.5 Å². The van der Waals surface area contributed by atoms with E-state index in [0.717, 1.165) is 30.6 Å². The molecule has 0 radical (unpaired) electrons. The molecule has 1 N–H and O–H groups in total.